The fourth-order valence-electron chi connectivity index (χ4n) is 4.43. The molecule has 10 nitrogen and oxygen atoms in total. The van der Waals surface area contributed by atoms with E-state index in [-0.39, 0.29) is 24.3 Å². The molecular weight excluding hydrogens is 562 g/mol. The number of hydrogen-bond acceptors (Lipinski definition) is 7. The van der Waals surface area contributed by atoms with Gasteiger partial charge < -0.3 is 10.2 Å². The summed E-state index contributed by atoms with van der Waals surface area (Å²) < 4.78 is 57.3. The molecule has 5 rings (SSSR count). The van der Waals surface area contributed by atoms with E-state index in [9.17, 15) is 26.8 Å². The fourth-order valence-corrected chi connectivity index (χ4v) is 6.35. The SMILES string of the molecule is Cc1cc2cc(N(C)C(=O)[C@H](Cc3cc(F)cc(F)c3)NC(=O)NS(=O)(=O)N3NCc4cccnc43)ccc2s1. The van der Waals surface area contributed by atoms with Crippen molar-refractivity contribution in [2.45, 2.75) is 25.9 Å². The van der Waals surface area contributed by atoms with Gasteiger partial charge in [0.05, 0.1) is 0 Å². The zero-order valence-corrected chi connectivity index (χ0v) is 22.9. The Morgan fingerprint density at radius 2 is 1.90 bits per heavy atom. The summed E-state index contributed by atoms with van der Waals surface area (Å²) in [5.74, 6) is -2.24. The van der Waals surface area contributed by atoms with Gasteiger partial charge in [-0.25, -0.2) is 28.7 Å². The van der Waals surface area contributed by atoms with Crippen molar-refractivity contribution in [3.8, 4) is 0 Å². The highest BCUT2D eigenvalue weighted by Gasteiger charge is 2.33. The average Bonchev–Trinajstić information content (AvgIpc) is 3.49. The number of urea groups is 1. The molecule has 3 amide bonds. The zero-order valence-electron chi connectivity index (χ0n) is 21.3. The zero-order chi connectivity index (χ0) is 28.6. The van der Waals surface area contributed by atoms with E-state index >= 15 is 0 Å². The maximum atomic E-state index is 13.9. The Labute approximate surface area is 232 Å². The predicted octanol–water partition coefficient (Wildman–Crippen LogP) is 3.53. The molecule has 1 aliphatic heterocycles. The molecule has 2 aromatic heterocycles. The third-order valence-electron chi connectivity index (χ3n) is 6.24. The molecule has 0 fully saturated rings. The van der Waals surface area contributed by atoms with E-state index in [1.165, 1.54) is 18.1 Å². The van der Waals surface area contributed by atoms with Crippen molar-refractivity contribution in [3.05, 3.63) is 88.4 Å². The summed E-state index contributed by atoms with van der Waals surface area (Å²) in [4.78, 5) is 32.9. The summed E-state index contributed by atoms with van der Waals surface area (Å²) in [5, 5.41) is 3.28. The van der Waals surface area contributed by atoms with Crippen LogP contribution in [0.3, 0.4) is 0 Å². The van der Waals surface area contributed by atoms with Gasteiger partial charge in [-0.15, -0.1) is 11.3 Å². The van der Waals surface area contributed by atoms with Crippen LogP contribution >= 0.6 is 11.3 Å². The van der Waals surface area contributed by atoms with Crippen molar-refractivity contribution in [2.24, 2.45) is 0 Å². The number of amides is 3. The molecule has 0 saturated carbocycles. The van der Waals surface area contributed by atoms with Crippen LogP contribution in [-0.4, -0.2) is 38.4 Å². The van der Waals surface area contributed by atoms with Gasteiger partial charge in [0.2, 0.25) is 5.91 Å². The first-order valence-electron chi connectivity index (χ1n) is 12.0. The van der Waals surface area contributed by atoms with Gasteiger partial charge >= 0.3 is 16.2 Å². The number of carbonyl (C=O) groups excluding carboxylic acids is 2. The van der Waals surface area contributed by atoms with Crippen LogP contribution in [0.2, 0.25) is 0 Å². The highest BCUT2D eigenvalue weighted by molar-refractivity contribution is 7.91. The number of fused-ring (bicyclic) bond motifs is 2. The first kappa shape index (κ1) is 27.4. The lowest BCUT2D eigenvalue weighted by Gasteiger charge is -2.26. The fraction of sp³-hybridized carbons (Fsp3) is 0.192. The van der Waals surface area contributed by atoms with Gasteiger partial charge in [0.25, 0.3) is 0 Å². The van der Waals surface area contributed by atoms with E-state index in [2.05, 4.69) is 15.7 Å². The number of halogens is 2. The summed E-state index contributed by atoms with van der Waals surface area (Å²) in [6, 6.07) is 10.9. The molecule has 0 radical (unpaired) electrons. The Bertz CT molecular complexity index is 1710. The molecule has 3 heterocycles. The lowest BCUT2D eigenvalue weighted by atomic mass is 10.0. The van der Waals surface area contributed by atoms with E-state index in [0.717, 1.165) is 31.5 Å². The minimum Gasteiger partial charge on any atom is -0.325 e. The summed E-state index contributed by atoms with van der Waals surface area (Å²) in [6.07, 6.45) is 1.10. The van der Waals surface area contributed by atoms with Gasteiger partial charge in [-0.2, -0.15) is 12.8 Å². The molecule has 0 spiro atoms. The third kappa shape index (κ3) is 5.73. The molecule has 0 unspecified atom stereocenters. The van der Waals surface area contributed by atoms with E-state index in [4.69, 9.17) is 0 Å². The number of thiophene rings is 1. The second-order valence-corrected chi connectivity index (χ2v) is 12.0. The topological polar surface area (TPSA) is 124 Å². The second kappa shape index (κ2) is 10.8. The molecule has 208 valence electrons. The minimum atomic E-state index is -4.47. The van der Waals surface area contributed by atoms with Crippen LogP contribution in [0.1, 0.15) is 16.0 Å². The molecule has 40 heavy (non-hydrogen) atoms. The lowest BCUT2D eigenvalue weighted by Crippen LogP contribution is -2.55. The van der Waals surface area contributed by atoms with Crippen LogP contribution in [0.5, 0.6) is 0 Å². The van der Waals surface area contributed by atoms with Crippen molar-refractivity contribution in [3.63, 3.8) is 0 Å². The van der Waals surface area contributed by atoms with Crippen LogP contribution in [0.15, 0.2) is 60.8 Å². The largest absolute Gasteiger partial charge is 0.342 e. The Kier molecular flexibility index (Phi) is 7.40. The third-order valence-corrected chi connectivity index (χ3v) is 8.50. The Balaban J connectivity index is 1.39. The van der Waals surface area contributed by atoms with E-state index in [0.29, 0.717) is 17.3 Å². The van der Waals surface area contributed by atoms with Gasteiger partial charge in [-0.05, 0) is 60.3 Å². The van der Waals surface area contributed by atoms with Gasteiger partial charge in [-0.3, -0.25) is 4.79 Å². The van der Waals surface area contributed by atoms with E-state index in [1.54, 1.807) is 29.5 Å². The summed E-state index contributed by atoms with van der Waals surface area (Å²) in [6.45, 7) is 2.15. The smallest absolute Gasteiger partial charge is 0.325 e. The average molecular weight is 587 g/mol. The second-order valence-electron chi connectivity index (χ2n) is 9.18. The van der Waals surface area contributed by atoms with Crippen molar-refractivity contribution in [2.75, 3.05) is 16.4 Å². The quantitative estimate of drug-likeness (QED) is 0.305. The number of hydrazine groups is 1. The van der Waals surface area contributed by atoms with Gasteiger partial charge in [0, 0.05) is 53.1 Å². The number of likely N-dealkylation sites (N-methyl/N-ethyl adjacent to an activating group) is 1. The van der Waals surface area contributed by atoms with Crippen molar-refractivity contribution < 1.29 is 26.8 Å². The number of pyridine rings is 1. The van der Waals surface area contributed by atoms with Crippen LogP contribution in [0, 0.1) is 18.6 Å². The van der Waals surface area contributed by atoms with Crippen molar-refractivity contribution in [1.29, 1.82) is 0 Å². The van der Waals surface area contributed by atoms with Crippen LogP contribution < -0.4 is 24.8 Å². The number of carbonyl (C=O) groups is 2. The number of aryl methyl sites for hydroxylation is 1. The summed E-state index contributed by atoms with van der Waals surface area (Å²) in [5.41, 5.74) is 3.85. The minimum absolute atomic E-state index is 0.0932. The Morgan fingerprint density at radius 1 is 1.15 bits per heavy atom. The van der Waals surface area contributed by atoms with Gasteiger partial charge in [0.1, 0.15) is 17.7 Å². The highest BCUT2D eigenvalue weighted by Crippen LogP contribution is 2.29. The Morgan fingerprint density at radius 3 is 2.65 bits per heavy atom. The van der Waals surface area contributed by atoms with E-state index < -0.39 is 39.8 Å². The van der Waals surface area contributed by atoms with Crippen LogP contribution in [0.25, 0.3) is 10.1 Å². The molecule has 0 aliphatic carbocycles. The number of nitrogens with one attached hydrogen (secondary N) is 3. The first-order chi connectivity index (χ1) is 19.0. The van der Waals surface area contributed by atoms with Gasteiger partial charge in [0.15, 0.2) is 5.82 Å². The summed E-state index contributed by atoms with van der Waals surface area (Å²) in [7, 11) is -2.98. The normalized spacial score (nSPS) is 13.7. The first-order valence-corrected chi connectivity index (χ1v) is 14.3. The van der Waals surface area contributed by atoms with E-state index in [1.807, 2.05) is 29.8 Å². The maximum Gasteiger partial charge on any atom is 0.342 e. The lowest BCUT2D eigenvalue weighted by molar-refractivity contribution is -0.120. The molecule has 3 N–H and O–H groups in total. The van der Waals surface area contributed by atoms with Gasteiger partial charge in [-0.1, -0.05) is 6.07 Å². The number of anilines is 2. The monoisotopic (exact) mass is 586 g/mol. The Hall–Kier alpha value is -4.14. The molecule has 2 aromatic carbocycles. The number of benzene rings is 2. The highest BCUT2D eigenvalue weighted by atomic mass is 32.2. The molecule has 1 aliphatic rings. The molecule has 0 saturated heterocycles. The van der Waals surface area contributed by atoms with Crippen LogP contribution in [-0.2, 0) is 28.0 Å². The van der Waals surface area contributed by atoms with Crippen LogP contribution in [0.4, 0.5) is 25.1 Å². The standard InChI is InChI=1S/C26H24F2N6O4S2/c1-15-8-18-12-21(5-6-23(18)39-15)33(2)25(35)22(11-16-9-19(27)13-20(28)10-16)31-26(36)32-40(37,38)34-24-17(14-30-34)4-3-7-29-24/h3-10,12-13,22,30H,11,14H2,1-2H3,(H2,31,32,36)/t22-/m0/s1. The molecule has 0 bridgehead atoms. The molecule has 14 heteroatoms. The maximum absolute atomic E-state index is 13.9. The molecule has 1 atom stereocenters. The molecular formula is C26H24F2N6O4S2. The van der Waals surface area contributed by atoms with Crippen molar-refractivity contribution in [1.82, 2.24) is 20.4 Å². The molecule has 4 aromatic rings. The number of aromatic nitrogens is 1. The summed E-state index contributed by atoms with van der Waals surface area (Å²) >= 11 is 1.60. The van der Waals surface area contributed by atoms with Crippen molar-refractivity contribution >= 4 is 55.1 Å². The number of hydrogen-bond donors (Lipinski definition) is 3. The number of nitrogens with zero attached hydrogens (tertiary/aromatic N) is 3. The number of rotatable bonds is 7. The predicted molar refractivity (Wildman–Crippen MR) is 148 cm³/mol.